The zero-order valence-corrected chi connectivity index (χ0v) is 8.98. The second-order valence-electron chi connectivity index (χ2n) is 4.55. The Morgan fingerprint density at radius 2 is 2.20 bits per heavy atom. The van der Waals surface area contributed by atoms with Crippen LogP contribution >= 0.6 is 0 Å². The van der Waals surface area contributed by atoms with Gasteiger partial charge in [0.05, 0.1) is 0 Å². The first-order valence-electron chi connectivity index (χ1n) is 5.55. The molecule has 0 amide bonds. The number of hydrogen-bond acceptors (Lipinski definition) is 1. The molecule has 2 aromatic rings. The van der Waals surface area contributed by atoms with E-state index in [1.165, 1.54) is 22.9 Å². The summed E-state index contributed by atoms with van der Waals surface area (Å²) >= 11 is 0. The average molecular weight is 200 g/mol. The number of para-hydroxylation sites is 1. The minimum Gasteiger partial charge on any atom is -0.350 e. The van der Waals surface area contributed by atoms with E-state index in [1.807, 2.05) is 0 Å². The highest BCUT2D eigenvalue weighted by molar-refractivity contribution is 5.84. The molecule has 0 aliphatic heterocycles. The molecule has 0 saturated heterocycles. The Morgan fingerprint density at radius 1 is 1.40 bits per heavy atom. The molecule has 2 nitrogen and oxygen atoms in total. The minimum atomic E-state index is 0.709. The molecule has 1 aliphatic rings. The van der Waals surface area contributed by atoms with Gasteiger partial charge in [-0.15, -0.1) is 0 Å². The third-order valence-corrected chi connectivity index (χ3v) is 3.55. The lowest BCUT2D eigenvalue weighted by atomic mass is 10.1. The average Bonchev–Trinajstić information content (AvgIpc) is 2.98. The van der Waals surface area contributed by atoms with Crippen LogP contribution in [0.1, 0.15) is 17.9 Å². The Bertz CT molecular complexity index is 498. The maximum absolute atomic E-state index is 5.71. The van der Waals surface area contributed by atoms with Crippen LogP contribution in [-0.2, 0) is 7.05 Å². The standard InChI is InChI=1S/C13H16N2/c1-15-8-12(11-6-9(11)7-14)10-4-2-3-5-13(10)15/h2-5,8-9,11H,6-7,14H2,1H3. The lowest BCUT2D eigenvalue weighted by Crippen LogP contribution is -2.01. The van der Waals surface area contributed by atoms with Crippen molar-refractivity contribution in [2.45, 2.75) is 12.3 Å². The van der Waals surface area contributed by atoms with Gasteiger partial charge in [0, 0.05) is 24.1 Å². The van der Waals surface area contributed by atoms with Crippen molar-refractivity contribution in [1.29, 1.82) is 0 Å². The summed E-state index contributed by atoms with van der Waals surface area (Å²) in [5, 5.41) is 1.40. The van der Waals surface area contributed by atoms with E-state index in [-0.39, 0.29) is 0 Å². The van der Waals surface area contributed by atoms with Crippen LogP contribution in [0.3, 0.4) is 0 Å². The van der Waals surface area contributed by atoms with Crippen molar-refractivity contribution in [2.75, 3.05) is 6.54 Å². The smallest absolute Gasteiger partial charge is 0.0480 e. The quantitative estimate of drug-likeness (QED) is 0.792. The molecule has 78 valence electrons. The van der Waals surface area contributed by atoms with Gasteiger partial charge in [-0.25, -0.2) is 0 Å². The second kappa shape index (κ2) is 3.11. The van der Waals surface area contributed by atoms with Crippen molar-refractivity contribution in [2.24, 2.45) is 18.7 Å². The SMILES string of the molecule is Cn1cc(C2CC2CN)c2ccccc21. The lowest BCUT2D eigenvalue weighted by molar-refractivity contribution is 0.809. The first-order valence-corrected chi connectivity index (χ1v) is 5.55. The van der Waals surface area contributed by atoms with Crippen molar-refractivity contribution in [3.05, 3.63) is 36.0 Å². The van der Waals surface area contributed by atoms with Gasteiger partial charge in [0.1, 0.15) is 0 Å². The van der Waals surface area contributed by atoms with Gasteiger partial charge in [0.2, 0.25) is 0 Å². The highest BCUT2D eigenvalue weighted by atomic mass is 14.9. The molecule has 0 radical (unpaired) electrons. The Hall–Kier alpha value is -1.28. The Labute approximate surface area is 89.7 Å². The number of nitrogens with two attached hydrogens (primary N) is 1. The third kappa shape index (κ3) is 1.29. The highest BCUT2D eigenvalue weighted by Crippen LogP contribution is 2.49. The predicted octanol–water partition coefficient (Wildman–Crippen LogP) is 2.24. The van der Waals surface area contributed by atoms with Crippen LogP contribution in [0.5, 0.6) is 0 Å². The van der Waals surface area contributed by atoms with E-state index in [1.54, 1.807) is 0 Å². The predicted molar refractivity (Wildman–Crippen MR) is 62.8 cm³/mol. The van der Waals surface area contributed by atoms with Crippen LogP contribution < -0.4 is 5.73 Å². The lowest BCUT2D eigenvalue weighted by Gasteiger charge is -1.96. The summed E-state index contributed by atoms with van der Waals surface area (Å²) in [6, 6.07) is 8.61. The van der Waals surface area contributed by atoms with E-state index < -0.39 is 0 Å². The molecule has 2 N–H and O–H groups in total. The number of rotatable bonds is 2. The van der Waals surface area contributed by atoms with Gasteiger partial charge in [0.15, 0.2) is 0 Å². The fraction of sp³-hybridized carbons (Fsp3) is 0.385. The number of fused-ring (bicyclic) bond motifs is 1. The number of nitrogens with zero attached hydrogens (tertiary/aromatic N) is 1. The summed E-state index contributed by atoms with van der Waals surface area (Å²) in [5.41, 5.74) is 8.52. The zero-order chi connectivity index (χ0) is 10.4. The monoisotopic (exact) mass is 200 g/mol. The van der Waals surface area contributed by atoms with E-state index in [2.05, 4.69) is 42.1 Å². The van der Waals surface area contributed by atoms with Crippen molar-refractivity contribution in [3.8, 4) is 0 Å². The molecule has 1 heterocycles. The van der Waals surface area contributed by atoms with Gasteiger partial charge in [-0.05, 0) is 36.4 Å². The first-order chi connectivity index (χ1) is 7.31. The maximum atomic E-state index is 5.71. The zero-order valence-electron chi connectivity index (χ0n) is 8.98. The fourth-order valence-electron chi connectivity index (χ4n) is 2.56. The van der Waals surface area contributed by atoms with E-state index in [4.69, 9.17) is 5.73 Å². The molecule has 2 atom stereocenters. The van der Waals surface area contributed by atoms with Crippen LogP contribution in [0.25, 0.3) is 10.9 Å². The third-order valence-electron chi connectivity index (χ3n) is 3.55. The van der Waals surface area contributed by atoms with Gasteiger partial charge < -0.3 is 10.3 Å². The number of hydrogen-bond donors (Lipinski definition) is 1. The molecule has 0 bridgehead atoms. The molecule has 1 fully saturated rings. The molecule has 0 spiro atoms. The molecule has 2 heteroatoms. The molecule has 3 rings (SSSR count). The molecular weight excluding hydrogens is 184 g/mol. The van der Waals surface area contributed by atoms with Crippen molar-refractivity contribution in [3.63, 3.8) is 0 Å². The van der Waals surface area contributed by atoms with Gasteiger partial charge in [-0.2, -0.15) is 0 Å². The topological polar surface area (TPSA) is 30.9 Å². The van der Waals surface area contributed by atoms with E-state index in [9.17, 15) is 0 Å². The van der Waals surface area contributed by atoms with Crippen molar-refractivity contribution < 1.29 is 0 Å². The number of aromatic nitrogens is 1. The van der Waals surface area contributed by atoms with Gasteiger partial charge >= 0.3 is 0 Å². The molecule has 1 saturated carbocycles. The largest absolute Gasteiger partial charge is 0.350 e. The molecular formula is C13H16N2. The first kappa shape index (κ1) is 8.98. The summed E-state index contributed by atoms with van der Waals surface area (Å²) in [5.74, 6) is 1.43. The van der Waals surface area contributed by atoms with Gasteiger partial charge in [-0.3, -0.25) is 0 Å². The summed E-state index contributed by atoms with van der Waals surface area (Å²) in [7, 11) is 2.12. The highest BCUT2D eigenvalue weighted by Gasteiger charge is 2.38. The van der Waals surface area contributed by atoms with Crippen LogP contribution in [0.2, 0.25) is 0 Å². The molecule has 1 aliphatic carbocycles. The van der Waals surface area contributed by atoms with Crippen LogP contribution in [-0.4, -0.2) is 11.1 Å². The number of benzene rings is 1. The van der Waals surface area contributed by atoms with Gasteiger partial charge in [-0.1, -0.05) is 18.2 Å². The van der Waals surface area contributed by atoms with Crippen molar-refractivity contribution in [1.82, 2.24) is 4.57 Å². The Balaban J connectivity index is 2.12. The summed E-state index contributed by atoms with van der Waals surface area (Å²) in [4.78, 5) is 0. The van der Waals surface area contributed by atoms with E-state index in [0.717, 1.165) is 12.5 Å². The molecule has 2 unspecified atom stereocenters. The summed E-state index contributed by atoms with van der Waals surface area (Å²) in [6.45, 7) is 0.827. The second-order valence-corrected chi connectivity index (χ2v) is 4.55. The normalized spacial score (nSPS) is 24.7. The van der Waals surface area contributed by atoms with Crippen LogP contribution in [0.15, 0.2) is 30.5 Å². The molecule has 15 heavy (non-hydrogen) atoms. The fourth-order valence-corrected chi connectivity index (χ4v) is 2.56. The molecule has 1 aromatic carbocycles. The Morgan fingerprint density at radius 3 is 2.93 bits per heavy atom. The van der Waals surface area contributed by atoms with E-state index >= 15 is 0 Å². The van der Waals surface area contributed by atoms with Crippen LogP contribution in [0.4, 0.5) is 0 Å². The summed E-state index contributed by atoms with van der Waals surface area (Å²) < 4.78 is 2.22. The summed E-state index contributed by atoms with van der Waals surface area (Å²) in [6.07, 6.45) is 3.54. The Kier molecular flexibility index (Phi) is 1.86. The van der Waals surface area contributed by atoms with E-state index in [0.29, 0.717) is 5.92 Å². The van der Waals surface area contributed by atoms with Crippen molar-refractivity contribution >= 4 is 10.9 Å². The number of aryl methyl sites for hydroxylation is 1. The van der Waals surface area contributed by atoms with Crippen LogP contribution in [0, 0.1) is 5.92 Å². The van der Waals surface area contributed by atoms with Gasteiger partial charge in [0.25, 0.3) is 0 Å². The maximum Gasteiger partial charge on any atom is 0.0480 e. The molecule has 1 aromatic heterocycles. The minimum absolute atomic E-state index is 0.709.